The maximum Gasteiger partial charge on any atom is 0.283 e. The van der Waals surface area contributed by atoms with E-state index < -0.39 is 26.5 Å². The predicted molar refractivity (Wildman–Crippen MR) is 103 cm³/mol. The van der Waals surface area contributed by atoms with Crippen molar-refractivity contribution < 1.29 is 18.1 Å². The monoisotopic (exact) mass is 411 g/mol. The minimum atomic E-state index is -3.62. The SMILES string of the molecule is CCCCNS(=O)(=O)c1ccc(NC(=O)c2ccc(Cl)cc2[N+](=O)[O-])cc1. The van der Waals surface area contributed by atoms with Crippen LogP contribution in [0.15, 0.2) is 47.4 Å². The summed E-state index contributed by atoms with van der Waals surface area (Å²) in [6, 6.07) is 9.24. The molecule has 0 aliphatic carbocycles. The molecule has 0 aromatic heterocycles. The third-order valence-corrected chi connectivity index (χ3v) is 5.36. The Morgan fingerprint density at radius 1 is 1.19 bits per heavy atom. The Balaban J connectivity index is 2.15. The number of nitro benzene ring substituents is 1. The van der Waals surface area contributed by atoms with E-state index in [0.717, 1.165) is 18.9 Å². The van der Waals surface area contributed by atoms with E-state index in [2.05, 4.69) is 10.0 Å². The molecule has 8 nitrogen and oxygen atoms in total. The number of carbonyl (C=O) groups excluding carboxylic acids is 1. The number of carbonyl (C=O) groups is 1. The molecule has 1 amide bonds. The second-order valence-corrected chi connectivity index (χ2v) is 7.85. The highest BCUT2D eigenvalue weighted by molar-refractivity contribution is 7.89. The standard InChI is InChI=1S/C17H18ClN3O5S/c1-2-3-10-19-27(25,26)14-7-5-13(6-8-14)20-17(22)15-9-4-12(18)11-16(15)21(23)24/h4-9,11,19H,2-3,10H2,1H3,(H,20,22). The van der Waals surface area contributed by atoms with Crippen LogP contribution >= 0.6 is 11.6 Å². The summed E-state index contributed by atoms with van der Waals surface area (Å²) in [5.74, 6) is -0.699. The normalized spacial score (nSPS) is 11.2. The summed E-state index contributed by atoms with van der Waals surface area (Å²) in [6.07, 6.45) is 1.59. The Labute approximate surface area is 161 Å². The number of unbranched alkanes of at least 4 members (excludes halogenated alkanes) is 1. The van der Waals surface area contributed by atoms with Crippen molar-refractivity contribution in [3.63, 3.8) is 0 Å². The Kier molecular flexibility index (Phi) is 6.89. The first kappa shape index (κ1) is 20.8. The first-order valence-electron chi connectivity index (χ1n) is 8.09. The summed E-state index contributed by atoms with van der Waals surface area (Å²) in [5, 5.41) is 13.7. The van der Waals surface area contributed by atoms with Crippen molar-refractivity contribution >= 4 is 38.9 Å². The van der Waals surface area contributed by atoms with Gasteiger partial charge in [0, 0.05) is 23.3 Å². The molecule has 0 heterocycles. The van der Waals surface area contributed by atoms with Crippen molar-refractivity contribution in [2.75, 3.05) is 11.9 Å². The third kappa shape index (κ3) is 5.49. The van der Waals surface area contributed by atoms with Gasteiger partial charge < -0.3 is 5.32 Å². The second kappa shape index (κ2) is 8.94. The van der Waals surface area contributed by atoms with Crippen molar-refractivity contribution in [1.82, 2.24) is 4.72 Å². The number of hydrogen-bond donors (Lipinski definition) is 2. The Bertz CT molecular complexity index is 946. The molecule has 2 aromatic rings. The number of nitrogens with one attached hydrogen (secondary N) is 2. The molecule has 0 spiro atoms. The Morgan fingerprint density at radius 2 is 1.85 bits per heavy atom. The van der Waals surface area contributed by atoms with E-state index >= 15 is 0 Å². The van der Waals surface area contributed by atoms with Crippen LogP contribution in [-0.4, -0.2) is 25.8 Å². The Hall–Kier alpha value is -2.49. The van der Waals surface area contributed by atoms with Gasteiger partial charge in [-0.2, -0.15) is 0 Å². The van der Waals surface area contributed by atoms with Gasteiger partial charge in [0.1, 0.15) is 5.56 Å². The van der Waals surface area contributed by atoms with Gasteiger partial charge in [0.2, 0.25) is 10.0 Å². The molecule has 0 aliphatic rings. The molecule has 144 valence electrons. The highest BCUT2D eigenvalue weighted by Gasteiger charge is 2.21. The molecule has 0 saturated heterocycles. The van der Waals surface area contributed by atoms with Crippen molar-refractivity contribution in [3.8, 4) is 0 Å². The molecule has 0 saturated carbocycles. The number of sulfonamides is 1. The smallest absolute Gasteiger partial charge is 0.283 e. The van der Waals surface area contributed by atoms with E-state index in [1.807, 2.05) is 6.92 Å². The van der Waals surface area contributed by atoms with Crippen LogP contribution < -0.4 is 10.0 Å². The number of halogens is 1. The van der Waals surface area contributed by atoms with Crippen molar-refractivity contribution in [1.29, 1.82) is 0 Å². The minimum Gasteiger partial charge on any atom is -0.322 e. The first-order valence-corrected chi connectivity index (χ1v) is 9.95. The average Bonchev–Trinajstić information content (AvgIpc) is 2.62. The lowest BCUT2D eigenvalue weighted by Crippen LogP contribution is -2.24. The molecule has 0 aliphatic heterocycles. The zero-order chi connectivity index (χ0) is 20.0. The van der Waals surface area contributed by atoms with Gasteiger partial charge in [0.15, 0.2) is 0 Å². The van der Waals surface area contributed by atoms with Crippen molar-refractivity contribution in [2.45, 2.75) is 24.7 Å². The topological polar surface area (TPSA) is 118 Å². The minimum absolute atomic E-state index is 0.0640. The molecule has 10 heteroatoms. The van der Waals surface area contributed by atoms with Crippen LogP contribution in [0.5, 0.6) is 0 Å². The van der Waals surface area contributed by atoms with Gasteiger partial charge in [-0.3, -0.25) is 14.9 Å². The van der Waals surface area contributed by atoms with E-state index in [1.165, 1.54) is 36.4 Å². The highest BCUT2D eigenvalue weighted by atomic mass is 35.5. The van der Waals surface area contributed by atoms with Crippen molar-refractivity contribution in [3.05, 3.63) is 63.2 Å². The molecule has 0 atom stereocenters. The molecule has 2 rings (SSSR count). The van der Waals surface area contributed by atoms with Crippen LogP contribution in [0.25, 0.3) is 0 Å². The number of hydrogen-bond acceptors (Lipinski definition) is 5. The zero-order valence-corrected chi connectivity index (χ0v) is 16.0. The molecule has 2 N–H and O–H groups in total. The summed E-state index contributed by atoms with van der Waals surface area (Å²) >= 11 is 5.73. The first-order chi connectivity index (χ1) is 12.7. The average molecular weight is 412 g/mol. The summed E-state index contributed by atoms with van der Waals surface area (Å²) in [5.41, 5.74) is -0.265. The van der Waals surface area contributed by atoms with E-state index in [4.69, 9.17) is 11.6 Å². The molecular weight excluding hydrogens is 394 g/mol. The fraction of sp³-hybridized carbons (Fsp3) is 0.235. The van der Waals surface area contributed by atoms with E-state index in [0.29, 0.717) is 12.2 Å². The van der Waals surface area contributed by atoms with Gasteiger partial charge in [0.05, 0.1) is 9.82 Å². The van der Waals surface area contributed by atoms with Crippen LogP contribution in [0.2, 0.25) is 5.02 Å². The lowest BCUT2D eigenvalue weighted by atomic mass is 10.1. The number of benzene rings is 2. The molecule has 0 bridgehead atoms. The lowest BCUT2D eigenvalue weighted by Gasteiger charge is -2.09. The van der Waals surface area contributed by atoms with E-state index in [1.54, 1.807) is 0 Å². The summed E-state index contributed by atoms with van der Waals surface area (Å²) < 4.78 is 26.7. The van der Waals surface area contributed by atoms with Crippen LogP contribution in [0.1, 0.15) is 30.1 Å². The highest BCUT2D eigenvalue weighted by Crippen LogP contribution is 2.24. The largest absolute Gasteiger partial charge is 0.322 e. The lowest BCUT2D eigenvalue weighted by molar-refractivity contribution is -0.385. The number of nitro groups is 1. The summed E-state index contributed by atoms with van der Waals surface area (Å²) in [7, 11) is -3.62. The molecule has 0 unspecified atom stereocenters. The van der Waals surface area contributed by atoms with Crippen molar-refractivity contribution in [2.24, 2.45) is 0 Å². The molecule has 0 radical (unpaired) electrons. The van der Waals surface area contributed by atoms with Gasteiger partial charge in [0.25, 0.3) is 11.6 Å². The number of nitrogens with zero attached hydrogens (tertiary/aromatic N) is 1. The fourth-order valence-electron chi connectivity index (χ4n) is 2.23. The van der Waals surface area contributed by atoms with E-state index in [-0.39, 0.29) is 15.5 Å². The van der Waals surface area contributed by atoms with Crippen LogP contribution in [0, 0.1) is 10.1 Å². The maximum absolute atomic E-state index is 12.3. The van der Waals surface area contributed by atoms with Crippen LogP contribution in [0.3, 0.4) is 0 Å². The van der Waals surface area contributed by atoms with Gasteiger partial charge in [-0.15, -0.1) is 0 Å². The van der Waals surface area contributed by atoms with E-state index in [9.17, 15) is 23.3 Å². The number of amides is 1. The van der Waals surface area contributed by atoms with Gasteiger partial charge >= 0.3 is 0 Å². The van der Waals surface area contributed by atoms with Crippen LogP contribution in [-0.2, 0) is 10.0 Å². The predicted octanol–water partition coefficient (Wildman–Crippen LogP) is 3.58. The maximum atomic E-state index is 12.3. The van der Waals surface area contributed by atoms with Gasteiger partial charge in [-0.1, -0.05) is 24.9 Å². The Morgan fingerprint density at radius 3 is 2.44 bits per heavy atom. The molecule has 27 heavy (non-hydrogen) atoms. The number of rotatable bonds is 8. The van der Waals surface area contributed by atoms with Crippen LogP contribution in [0.4, 0.5) is 11.4 Å². The molecule has 2 aromatic carbocycles. The quantitative estimate of drug-likeness (QED) is 0.391. The zero-order valence-electron chi connectivity index (χ0n) is 14.4. The third-order valence-electron chi connectivity index (χ3n) is 3.65. The number of anilines is 1. The molecule has 0 fully saturated rings. The fourth-order valence-corrected chi connectivity index (χ4v) is 3.47. The van der Waals surface area contributed by atoms with Gasteiger partial charge in [-0.05, 0) is 42.8 Å². The summed E-state index contributed by atoms with van der Waals surface area (Å²) in [6.45, 7) is 2.30. The van der Waals surface area contributed by atoms with Gasteiger partial charge in [-0.25, -0.2) is 13.1 Å². The summed E-state index contributed by atoms with van der Waals surface area (Å²) in [4.78, 5) is 22.8. The second-order valence-electron chi connectivity index (χ2n) is 5.65. The molecular formula is C17H18ClN3O5S.